The lowest BCUT2D eigenvalue weighted by Crippen LogP contribution is -2.54. The van der Waals surface area contributed by atoms with Crippen LogP contribution in [0.3, 0.4) is 0 Å². The van der Waals surface area contributed by atoms with Gasteiger partial charge in [-0.25, -0.2) is 0 Å². The molecule has 236 valence electrons. The molecule has 0 spiro atoms. The molecule has 0 aromatic carbocycles. The minimum absolute atomic E-state index is 0.102. The smallest absolute Gasteiger partial charge is 0.223 e. The Morgan fingerprint density at radius 2 is 0.900 bits per heavy atom. The van der Waals surface area contributed by atoms with Gasteiger partial charge >= 0.3 is 0 Å². The van der Waals surface area contributed by atoms with E-state index in [9.17, 15) is 9.59 Å². The third-order valence-corrected chi connectivity index (χ3v) is 9.13. The second kappa shape index (κ2) is 26.8. The fourth-order valence-electron chi connectivity index (χ4n) is 6.40. The number of carbonyl (C=O) groups is 2. The van der Waals surface area contributed by atoms with Gasteiger partial charge in [0.15, 0.2) is 0 Å². The summed E-state index contributed by atoms with van der Waals surface area (Å²) in [5.74, 6) is 0.578. The predicted octanol–water partition coefficient (Wildman–Crippen LogP) is 10.6. The van der Waals surface area contributed by atoms with Crippen LogP contribution in [0, 0.1) is 5.92 Å². The monoisotopic (exact) mass is 563 g/mol. The lowest BCUT2D eigenvalue weighted by atomic mass is 9.88. The number of hydrogen-bond acceptors (Lipinski definition) is 2. The fourth-order valence-corrected chi connectivity index (χ4v) is 6.40. The van der Waals surface area contributed by atoms with Gasteiger partial charge in [0.2, 0.25) is 11.8 Å². The Morgan fingerprint density at radius 3 is 1.35 bits per heavy atom. The molecule has 4 nitrogen and oxygen atoms in total. The molecule has 0 aromatic heterocycles. The molecule has 0 radical (unpaired) electrons. The van der Waals surface area contributed by atoms with Gasteiger partial charge in [0.1, 0.15) is 0 Å². The minimum atomic E-state index is 0.102. The molecule has 1 rings (SSSR count). The number of hydrogen-bond donors (Lipinski definition) is 2. The second-order valence-electron chi connectivity index (χ2n) is 13.0. The van der Waals surface area contributed by atoms with Crippen LogP contribution in [-0.2, 0) is 9.59 Å². The van der Waals surface area contributed by atoms with E-state index in [2.05, 4.69) is 31.4 Å². The summed E-state index contributed by atoms with van der Waals surface area (Å²) in [4.78, 5) is 26.3. The third kappa shape index (κ3) is 19.9. The van der Waals surface area contributed by atoms with Crippen LogP contribution in [0.1, 0.15) is 201 Å². The van der Waals surface area contributed by atoms with Crippen molar-refractivity contribution in [1.82, 2.24) is 10.6 Å². The Labute approximate surface area is 250 Å². The van der Waals surface area contributed by atoms with Crippen LogP contribution >= 0.6 is 0 Å². The third-order valence-electron chi connectivity index (χ3n) is 9.13. The van der Waals surface area contributed by atoms with Crippen LogP contribution in [0.4, 0.5) is 0 Å². The highest BCUT2D eigenvalue weighted by atomic mass is 16.2. The SMILES string of the molecule is CCCCCCCCCCCC(=O)N[C@H]1CCCC[C@@H]1NC(=O)C(CCCCCCC)CCCCCCCCC. The molecule has 0 heterocycles. The molecule has 0 bridgehead atoms. The molecule has 0 aliphatic heterocycles. The molecular formula is C36H70N2O2. The van der Waals surface area contributed by atoms with Gasteiger partial charge in [-0.05, 0) is 32.1 Å². The summed E-state index contributed by atoms with van der Waals surface area (Å²) in [6.45, 7) is 6.79. The van der Waals surface area contributed by atoms with E-state index in [1.165, 1.54) is 116 Å². The van der Waals surface area contributed by atoms with Gasteiger partial charge in [-0.2, -0.15) is 0 Å². The van der Waals surface area contributed by atoms with Crippen LogP contribution in [0.5, 0.6) is 0 Å². The zero-order valence-corrected chi connectivity index (χ0v) is 27.3. The van der Waals surface area contributed by atoms with E-state index >= 15 is 0 Å². The van der Waals surface area contributed by atoms with Crippen molar-refractivity contribution in [3.8, 4) is 0 Å². The molecule has 1 saturated carbocycles. The maximum Gasteiger partial charge on any atom is 0.223 e. The first-order valence-electron chi connectivity index (χ1n) is 18.2. The maximum atomic E-state index is 13.5. The van der Waals surface area contributed by atoms with Crippen molar-refractivity contribution in [3.05, 3.63) is 0 Å². The zero-order valence-electron chi connectivity index (χ0n) is 27.3. The van der Waals surface area contributed by atoms with Crippen molar-refractivity contribution < 1.29 is 9.59 Å². The normalized spacial score (nSPS) is 18.0. The molecule has 1 aliphatic rings. The van der Waals surface area contributed by atoms with Crippen LogP contribution in [0.25, 0.3) is 0 Å². The molecule has 40 heavy (non-hydrogen) atoms. The van der Waals surface area contributed by atoms with Crippen LogP contribution in [0.2, 0.25) is 0 Å². The highest BCUT2D eigenvalue weighted by Gasteiger charge is 2.29. The average Bonchev–Trinajstić information content (AvgIpc) is 2.95. The Morgan fingerprint density at radius 1 is 0.525 bits per heavy atom. The molecule has 3 atom stereocenters. The van der Waals surface area contributed by atoms with E-state index in [4.69, 9.17) is 0 Å². The number of rotatable bonds is 27. The molecule has 2 N–H and O–H groups in total. The summed E-state index contributed by atoms with van der Waals surface area (Å²) in [5.41, 5.74) is 0. The Hall–Kier alpha value is -1.06. The number of amides is 2. The van der Waals surface area contributed by atoms with Crippen molar-refractivity contribution in [2.75, 3.05) is 0 Å². The van der Waals surface area contributed by atoms with E-state index in [1.54, 1.807) is 0 Å². The van der Waals surface area contributed by atoms with Gasteiger partial charge in [-0.1, -0.05) is 162 Å². The van der Waals surface area contributed by atoms with E-state index in [1.807, 2.05) is 0 Å². The highest BCUT2D eigenvalue weighted by molar-refractivity contribution is 5.79. The van der Waals surface area contributed by atoms with E-state index in [0.29, 0.717) is 6.42 Å². The van der Waals surface area contributed by atoms with Crippen LogP contribution < -0.4 is 10.6 Å². The molecule has 1 fully saturated rings. The topological polar surface area (TPSA) is 58.2 Å². The quantitative estimate of drug-likeness (QED) is 0.0978. The van der Waals surface area contributed by atoms with Crippen molar-refractivity contribution in [1.29, 1.82) is 0 Å². The van der Waals surface area contributed by atoms with Gasteiger partial charge in [0.05, 0.1) is 0 Å². The number of carbonyl (C=O) groups excluding carboxylic acids is 2. The molecule has 1 aliphatic carbocycles. The molecule has 0 saturated heterocycles. The average molecular weight is 563 g/mol. The van der Waals surface area contributed by atoms with E-state index < -0.39 is 0 Å². The predicted molar refractivity (Wildman–Crippen MR) is 174 cm³/mol. The fraction of sp³-hybridized carbons (Fsp3) is 0.944. The van der Waals surface area contributed by atoms with Crippen molar-refractivity contribution in [2.24, 2.45) is 5.92 Å². The van der Waals surface area contributed by atoms with Crippen molar-refractivity contribution in [2.45, 2.75) is 213 Å². The first kappa shape index (κ1) is 37.0. The minimum Gasteiger partial charge on any atom is -0.351 e. The van der Waals surface area contributed by atoms with E-state index in [-0.39, 0.29) is 29.8 Å². The lowest BCUT2D eigenvalue weighted by Gasteiger charge is -2.34. The van der Waals surface area contributed by atoms with Crippen LogP contribution in [0.15, 0.2) is 0 Å². The van der Waals surface area contributed by atoms with E-state index in [0.717, 1.165) is 57.8 Å². The number of unbranched alkanes of at least 4 members (excludes halogenated alkanes) is 18. The van der Waals surface area contributed by atoms with Crippen molar-refractivity contribution >= 4 is 11.8 Å². The zero-order chi connectivity index (χ0) is 29.1. The molecule has 4 heteroatoms. The van der Waals surface area contributed by atoms with Gasteiger partial charge in [0.25, 0.3) is 0 Å². The molecular weight excluding hydrogens is 492 g/mol. The maximum absolute atomic E-state index is 13.5. The van der Waals surface area contributed by atoms with Gasteiger partial charge in [-0.15, -0.1) is 0 Å². The number of nitrogens with one attached hydrogen (secondary N) is 2. The van der Waals surface area contributed by atoms with Gasteiger partial charge in [-0.3, -0.25) is 9.59 Å². The van der Waals surface area contributed by atoms with Crippen molar-refractivity contribution in [3.63, 3.8) is 0 Å². The Balaban J connectivity index is 2.43. The summed E-state index contributed by atoms with van der Waals surface area (Å²) in [6, 6.07) is 0.206. The van der Waals surface area contributed by atoms with Gasteiger partial charge < -0.3 is 10.6 Å². The van der Waals surface area contributed by atoms with Gasteiger partial charge in [0, 0.05) is 24.4 Å². The summed E-state index contributed by atoms with van der Waals surface area (Å²) in [5, 5.41) is 6.77. The Bertz CT molecular complexity index is 593. The standard InChI is InChI=1S/C36H70N2O2/c1-4-7-10-13-15-16-18-21-24-31-35(39)37-33-29-25-26-30-34(33)38-36(40)32(27-22-19-12-9-6-3)28-23-20-17-14-11-8-5-2/h32-34H,4-31H2,1-3H3,(H,37,39)(H,38,40)/t32?,33-,34-/m0/s1. The molecule has 2 amide bonds. The summed E-state index contributed by atoms with van der Waals surface area (Å²) >= 11 is 0. The second-order valence-corrected chi connectivity index (χ2v) is 13.0. The Kier molecular flexibility index (Phi) is 24.8. The largest absolute Gasteiger partial charge is 0.351 e. The summed E-state index contributed by atoms with van der Waals surface area (Å²) < 4.78 is 0. The molecule has 0 aromatic rings. The highest BCUT2D eigenvalue weighted by Crippen LogP contribution is 2.23. The first-order valence-corrected chi connectivity index (χ1v) is 18.2. The lowest BCUT2D eigenvalue weighted by molar-refractivity contribution is -0.128. The first-order chi connectivity index (χ1) is 19.6. The van der Waals surface area contributed by atoms with Crippen LogP contribution in [-0.4, -0.2) is 23.9 Å². The summed E-state index contributed by atoms with van der Waals surface area (Å²) in [7, 11) is 0. The summed E-state index contributed by atoms with van der Waals surface area (Å²) in [6.07, 6.45) is 33.7. The molecule has 1 unspecified atom stereocenters.